The first-order chi connectivity index (χ1) is 17.6. The van der Waals surface area contributed by atoms with Crippen LogP contribution in [0.15, 0.2) is 36.4 Å². The van der Waals surface area contributed by atoms with Crippen molar-refractivity contribution >= 4 is 5.97 Å². The lowest BCUT2D eigenvalue weighted by molar-refractivity contribution is 0.0734. The standard InChI is InChI=1S/C31H38N2O3/c1-3-5-7-9-23-10-12-24(13-11-23)25-14-16-26(17-15-25)31(34)36-30-19-18-29(35-20-8-6-4-2)27(21-32)28(30)22-33/h14-19,23-24H,3-13,20H2,1-2H3. The van der Waals surface area contributed by atoms with Gasteiger partial charge in [-0.15, -0.1) is 0 Å². The topological polar surface area (TPSA) is 83.1 Å². The van der Waals surface area contributed by atoms with E-state index in [-0.39, 0.29) is 16.9 Å². The Morgan fingerprint density at radius 3 is 2.08 bits per heavy atom. The number of hydrogen-bond acceptors (Lipinski definition) is 5. The molecule has 0 atom stereocenters. The highest BCUT2D eigenvalue weighted by atomic mass is 16.5. The van der Waals surface area contributed by atoms with Crippen molar-refractivity contribution in [1.82, 2.24) is 0 Å². The van der Waals surface area contributed by atoms with Crippen LogP contribution in [0.25, 0.3) is 0 Å². The van der Waals surface area contributed by atoms with Gasteiger partial charge < -0.3 is 9.47 Å². The molecule has 2 aromatic carbocycles. The Bertz CT molecular complexity index is 1070. The number of benzene rings is 2. The van der Waals surface area contributed by atoms with Crippen LogP contribution in [0.1, 0.15) is 117 Å². The molecule has 0 heterocycles. The van der Waals surface area contributed by atoms with Crippen LogP contribution in [-0.4, -0.2) is 12.6 Å². The Morgan fingerprint density at radius 1 is 0.833 bits per heavy atom. The molecule has 0 bridgehead atoms. The summed E-state index contributed by atoms with van der Waals surface area (Å²) in [6, 6.07) is 14.8. The fourth-order valence-electron chi connectivity index (χ4n) is 5.04. The first-order valence-electron chi connectivity index (χ1n) is 13.5. The molecule has 0 spiro atoms. The van der Waals surface area contributed by atoms with Gasteiger partial charge in [-0.05, 0) is 73.8 Å². The number of carbonyl (C=O) groups excluding carboxylic acids is 1. The van der Waals surface area contributed by atoms with Gasteiger partial charge in [-0.1, -0.05) is 64.5 Å². The van der Waals surface area contributed by atoms with E-state index in [0.717, 1.165) is 25.2 Å². The highest BCUT2D eigenvalue weighted by molar-refractivity contribution is 5.91. The predicted molar refractivity (Wildman–Crippen MR) is 141 cm³/mol. The third kappa shape index (κ3) is 7.34. The lowest BCUT2D eigenvalue weighted by atomic mass is 9.77. The van der Waals surface area contributed by atoms with E-state index in [0.29, 0.717) is 23.8 Å². The van der Waals surface area contributed by atoms with Crippen LogP contribution in [0.5, 0.6) is 11.5 Å². The zero-order chi connectivity index (χ0) is 25.8. The fourth-order valence-corrected chi connectivity index (χ4v) is 5.04. The number of hydrogen-bond donors (Lipinski definition) is 0. The lowest BCUT2D eigenvalue weighted by Gasteiger charge is -2.29. The second-order valence-corrected chi connectivity index (χ2v) is 9.82. The lowest BCUT2D eigenvalue weighted by Crippen LogP contribution is -2.14. The molecule has 5 nitrogen and oxygen atoms in total. The Labute approximate surface area is 216 Å². The van der Waals surface area contributed by atoms with Gasteiger partial charge in [0.2, 0.25) is 0 Å². The van der Waals surface area contributed by atoms with Crippen molar-refractivity contribution in [3.63, 3.8) is 0 Å². The van der Waals surface area contributed by atoms with Crippen molar-refractivity contribution in [3.05, 3.63) is 58.7 Å². The predicted octanol–water partition coefficient (Wildman–Crippen LogP) is 8.07. The van der Waals surface area contributed by atoms with E-state index in [2.05, 4.69) is 13.8 Å². The molecule has 36 heavy (non-hydrogen) atoms. The zero-order valence-electron chi connectivity index (χ0n) is 21.7. The zero-order valence-corrected chi connectivity index (χ0v) is 21.7. The van der Waals surface area contributed by atoms with Gasteiger partial charge in [0.1, 0.15) is 29.0 Å². The minimum absolute atomic E-state index is 0.0196. The third-order valence-electron chi connectivity index (χ3n) is 7.24. The highest BCUT2D eigenvalue weighted by Gasteiger charge is 2.23. The third-order valence-corrected chi connectivity index (χ3v) is 7.24. The summed E-state index contributed by atoms with van der Waals surface area (Å²) in [6.07, 6.45) is 13.3. The molecule has 5 heteroatoms. The summed E-state index contributed by atoms with van der Waals surface area (Å²) in [7, 11) is 0. The minimum Gasteiger partial charge on any atom is -0.492 e. The van der Waals surface area contributed by atoms with Crippen molar-refractivity contribution in [2.45, 2.75) is 90.4 Å². The van der Waals surface area contributed by atoms with Crippen LogP contribution in [0.4, 0.5) is 0 Å². The number of unbranched alkanes of at least 4 members (excludes halogenated alkanes) is 4. The summed E-state index contributed by atoms with van der Waals surface area (Å²) < 4.78 is 11.2. The van der Waals surface area contributed by atoms with Gasteiger partial charge in [-0.3, -0.25) is 0 Å². The normalized spacial score (nSPS) is 17.1. The highest BCUT2D eigenvalue weighted by Crippen LogP contribution is 2.38. The maximum atomic E-state index is 12.8. The quantitative estimate of drug-likeness (QED) is 0.172. The molecule has 1 saturated carbocycles. The molecule has 190 valence electrons. The molecular weight excluding hydrogens is 448 g/mol. The molecule has 0 N–H and O–H groups in total. The van der Waals surface area contributed by atoms with Crippen molar-refractivity contribution in [1.29, 1.82) is 10.5 Å². The van der Waals surface area contributed by atoms with Crippen molar-refractivity contribution in [2.24, 2.45) is 5.92 Å². The molecule has 0 radical (unpaired) electrons. The SMILES string of the molecule is CCCCCOc1ccc(OC(=O)c2ccc(C3CCC(CCCCC)CC3)cc2)c(C#N)c1C#N. The number of nitrogens with zero attached hydrogens (tertiary/aromatic N) is 2. The van der Waals surface area contributed by atoms with E-state index in [1.54, 1.807) is 18.2 Å². The average molecular weight is 487 g/mol. The summed E-state index contributed by atoms with van der Waals surface area (Å²) in [6.45, 7) is 4.83. The molecule has 1 aliphatic rings. The molecule has 1 fully saturated rings. The van der Waals surface area contributed by atoms with E-state index in [1.165, 1.54) is 63.0 Å². The monoisotopic (exact) mass is 486 g/mol. The number of ether oxygens (including phenoxy) is 2. The Morgan fingerprint density at radius 2 is 1.44 bits per heavy atom. The molecule has 3 rings (SSSR count). The number of rotatable bonds is 12. The molecule has 0 amide bonds. The van der Waals surface area contributed by atoms with Crippen LogP contribution >= 0.6 is 0 Å². The average Bonchev–Trinajstić information content (AvgIpc) is 2.92. The first kappa shape index (κ1) is 27.3. The van der Waals surface area contributed by atoms with Crippen LogP contribution in [0, 0.1) is 28.6 Å². The van der Waals surface area contributed by atoms with Crippen LogP contribution in [0.2, 0.25) is 0 Å². The van der Waals surface area contributed by atoms with E-state index >= 15 is 0 Å². The maximum Gasteiger partial charge on any atom is 0.343 e. The molecule has 1 aliphatic carbocycles. The van der Waals surface area contributed by atoms with Gasteiger partial charge in [0.05, 0.1) is 12.2 Å². The largest absolute Gasteiger partial charge is 0.492 e. The molecule has 2 aromatic rings. The molecule has 0 saturated heterocycles. The van der Waals surface area contributed by atoms with Crippen molar-refractivity contribution < 1.29 is 14.3 Å². The maximum absolute atomic E-state index is 12.8. The van der Waals surface area contributed by atoms with Gasteiger partial charge in [0.15, 0.2) is 5.75 Å². The van der Waals surface area contributed by atoms with E-state index in [1.807, 2.05) is 24.3 Å². The van der Waals surface area contributed by atoms with Crippen LogP contribution < -0.4 is 9.47 Å². The molecule has 0 unspecified atom stereocenters. The van der Waals surface area contributed by atoms with Crippen molar-refractivity contribution in [2.75, 3.05) is 6.61 Å². The van der Waals surface area contributed by atoms with Gasteiger partial charge in [-0.2, -0.15) is 10.5 Å². The molecule has 0 aromatic heterocycles. The number of carbonyl (C=O) groups is 1. The summed E-state index contributed by atoms with van der Waals surface area (Å²) in [5.41, 5.74) is 1.81. The second kappa shape index (κ2) is 14.3. The Hall–Kier alpha value is -3.31. The Kier molecular flexibility index (Phi) is 10.8. The van der Waals surface area contributed by atoms with E-state index in [4.69, 9.17) is 9.47 Å². The van der Waals surface area contributed by atoms with E-state index < -0.39 is 5.97 Å². The summed E-state index contributed by atoms with van der Waals surface area (Å²) >= 11 is 0. The van der Waals surface area contributed by atoms with Crippen LogP contribution in [0.3, 0.4) is 0 Å². The second-order valence-electron chi connectivity index (χ2n) is 9.82. The molecule has 0 aliphatic heterocycles. The van der Waals surface area contributed by atoms with Crippen LogP contribution in [-0.2, 0) is 0 Å². The van der Waals surface area contributed by atoms with Gasteiger partial charge in [-0.25, -0.2) is 4.79 Å². The Balaban J connectivity index is 1.61. The number of esters is 1. The molecular formula is C31H38N2O3. The summed E-state index contributed by atoms with van der Waals surface area (Å²) in [5, 5.41) is 19.3. The first-order valence-corrected chi connectivity index (χ1v) is 13.5. The summed E-state index contributed by atoms with van der Waals surface area (Å²) in [4.78, 5) is 12.8. The fraction of sp³-hybridized carbons (Fsp3) is 0.516. The van der Waals surface area contributed by atoms with Crippen molar-refractivity contribution in [3.8, 4) is 23.6 Å². The minimum atomic E-state index is -0.543. The summed E-state index contributed by atoms with van der Waals surface area (Å²) in [5.74, 6) is 1.28. The van der Waals surface area contributed by atoms with Gasteiger partial charge >= 0.3 is 5.97 Å². The van der Waals surface area contributed by atoms with E-state index in [9.17, 15) is 15.3 Å². The van der Waals surface area contributed by atoms with Gasteiger partial charge in [0.25, 0.3) is 0 Å². The number of nitriles is 2. The smallest absolute Gasteiger partial charge is 0.343 e. The van der Waals surface area contributed by atoms with Gasteiger partial charge in [0, 0.05) is 0 Å².